The van der Waals surface area contributed by atoms with Crippen molar-refractivity contribution in [1.29, 1.82) is 0 Å². The van der Waals surface area contributed by atoms with Crippen LogP contribution >= 0.6 is 0 Å². The molecule has 0 aliphatic carbocycles. The van der Waals surface area contributed by atoms with Crippen molar-refractivity contribution in [3.8, 4) is 0 Å². The predicted molar refractivity (Wildman–Crippen MR) is 95.5 cm³/mol. The first-order valence-corrected chi connectivity index (χ1v) is 8.18. The SMILES string of the molecule is CCNC(=O)Nc1ncnc2c1ncn2OC(Cc1ccccc1)OC. The van der Waals surface area contributed by atoms with Gasteiger partial charge in [-0.05, 0) is 12.5 Å². The van der Waals surface area contributed by atoms with Crippen LogP contribution in [0.2, 0.25) is 0 Å². The van der Waals surface area contributed by atoms with E-state index in [0.717, 1.165) is 5.56 Å². The number of benzene rings is 1. The molecule has 0 radical (unpaired) electrons. The monoisotopic (exact) mass is 356 g/mol. The van der Waals surface area contributed by atoms with Crippen molar-refractivity contribution in [3.63, 3.8) is 0 Å². The quantitative estimate of drug-likeness (QED) is 0.624. The summed E-state index contributed by atoms with van der Waals surface area (Å²) in [7, 11) is 1.57. The number of anilines is 1. The Kier molecular flexibility index (Phi) is 5.59. The van der Waals surface area contributed by atoms with Gasteiger partial charge in [-0.1, -0.05) is 30.3 Å². The zero-order valence-electron chi connectivity index (χ0n) is 14.5. The molecule has 2 N–H and O–H groups in total. The van der Waals surface area contributed by atoms with Gasteiger partial charge in [-0.2, -0.15) is 0 Å². The van der Waals surface area contributed by atoms with Gasteiger partial charge in [0.05, 0.1) is 0 Å². The van der Waals surface area contributed by atoms with Gasteiger partial charge in [0.25, 0.3) is 0 Å². The van der Waals surface area contributed by atoms with E-state index in [2.05, 4.69) is 25.6 Å². The Bertz CT molecular complexity index is 867. The van der Waals surface area contributed by atoms with E-state index in [1.165, 1.54) is 17.4 Å². The van der Waals surface area contributed by atoms with E-state index in [1.54, 1.807) is 7.11 Å². The van der Waals surface area contributed by atoms with Crippen LogP contribution in [0.25, 0.3) is 11.2 Å². The Morgan fingerprint density at radius 3 is 2.77 bits per heavy atom. The molecular formula is C17H20N6O3. The van der Waals surface area contributed by atoms with Gasteiger partial charge in [0.2, 0.25) is 11.9 Å². The third-order valence-electron chi connectivity index (χ3n) is 3.61. The molecule has 9 heteroatoms. The van der Waals surface area contributed by atoms with E-state index in [4.69, 9.17) is 9.57 Å². The first kappa shape index (κ1) is 17.6. The van der Waals surface area contributed by atoms with E-state index in [1.807, 2.05) is 37.3 Å². The summed E-state index contributed by atoms with van der Waals surface area (Å²) in [4.78, 5) is 30.1. The van der Waals surface area contributed by atoms with Crippen LogP contribution in [-0.2, 0) is 11.2 Å². The molecule has 1 atom stereocenters. The van der Waals surface area contributed by atoms with Crippen LogP contribution in [0.3, 0.4) is 0 Å². The van der Waals surface area contributed by atoms with Crippen molar-refractivity contribution < 1.29 is 14.4 Å². The lowest BCUT2D eigenvalue weighted by molar-refractivity contribution is -0.123. The Hall–Kier alpha value is -3.20. The topological polar surface area (TPSA) is 103 Å². The number of hydrogen-bond donors (Lipinski definition) is 2. The van der Waals surface area contributed by atoms with Crippen LogP contribution < -0.4 is 15.5 Å². The van der Waals surface area contributed by atoms with Crippen LogP contribution in [0.4, 0.5) is 10.6 Å². The molecule has 3 aromatic rings. The van der Waals surface area contributed by atoms with Crippen LogP contribution in [0.1, 0.15) is 12.5 Å². The highest BCUT2D eigenvalue weighted by Gasteiger charge is 2.16. The smallest absolute Gasteiger partial charge is 0.320 e. The number of imidazole rings is 1. The number of aromatic nitrogens is 4. The number of nitrogens with one attached hydrogen (secondary N) is 2. The summed E-state index contributed by atoms with van der Waals surface area (Å²) in [5.74, 6) is 0.306. The molecule has 3 rings (SSSR count). The predicted octanol–water partition coefficient (Wildman–Crippen LogP) is 1.61. The highest BCUT2D eigenvalue weighted by molar-refractivity contribution is 5.95. The molecule has 0 fully saturated rings. The van der Waals surface area contributed by atoms with Crippen LogP contribution in [0, 0.1) is 0 Å². The molecule has 26 heavy (non-hydrogen) atoms. The maximum Gasteiger partial charge on any atom is 0.320 e. The second-order valence-corrected chi connectivity index (χ2v) is 5.41. The lowest BCUT2D eigenvalue weighted by Gasteiger charge is -2.17. The number of urea groups is 1. The van der Waals surface area contributed by atoms with Crippen molar-refractivity contribution in [2.75, 3.05) is 19.0 Å². The lowest BCUT2D eigenvalue weighted by Crippen LogP contribution is -2.29. The van der Waals surface area contributed by atoms with Crippen LogP contribution in [0.15, 0.2) is 43.0 Å². The molecule has 0 saturated heterocycles. The van der Waals surface area contributed by atoms with Gasteiger partial charge >= 0.3 is 6.03 Å². The van der Waals surface area contributed by atoms with Crippen molar-refractivity contribution in [3.05, 3.63) is 48.5 Å². The van der Waals surface area contributed by atoms with E-state index in [-0.39, 0.29) is 6.03 Å². The molecule has 2 aromatic heterocycles. The molecule has 0 spiro atoms. The third-order valence-corrected chi connectivity index (χ3v) is 3.61. The molecule has 0 bridgehead atoms. The van der Waals surface area contributed by atoms with Crippen molar-refractivity contribution in [2.24, 2.45) is 0 Å². The summed E-state index contributed by atoms with van der Waals surface area (Å²) in [5, 5.41) is 5.28. The Balaban J connectivity index is 1.78. The Morgan fingerprint density at radius 2 is 2.04 bits per heavy atom. The summed E-state index contributed by atoms with van der Waals surface area (Å²) in [6.45, 7) is 2.34. The van der Waals surface area contributed by atoms with Gasteiger partial charge < -0.3 is 14.9 Å². The molecule has 2 heterocycles. The van der Waals surface area contributed by atoms with E-state index in [9.17, 15) is 4.79 Å². The number of fused-ring (bicyclic) bond motifs is 1. The first-order chi connectivity index (χ1) is 12.7. The van der Waals surface area contributed by atoms with E-state index >= 15 is 0 Å². The molecule has 0 aliphatic rings. The minimum absolute atomic E-state index is 0.306. The molecule has 9 nitrogen and oxygen atoms in total. The van der Waals surface area contributed by atoms with Crippen LogP contribution in [0.5, 0.6) is 0 Å². The van der Waals surface area contributed by atoms with Crippen LogP contribution in [-0.4, -0.2) is 45.7 Å². The number of carbonyl (C=O) groups is 1. The maximum absolute atomic E-state index is 11.7. The van der Waals surface area contributed by atoms with Gasteiger partial charge in [0.15, 0.2) is 11.3 Å². The first-order valence-electron chi connectivity index (χ1n) is 8.18. The molecule has 136 valence electrons. The molecule has 2 amide bonds. The summed E-state index contributed by atoms with van der Waals surface area (Å²) >= 11 is 0. The van der Waals surface area contributed by atoms with Crippen molar-refractivity contribution in [1.82, 2.24) is 25.0 Å². The zero-order valence-corrected chi connectivity index (χ0v) is 14.5. The molecule has 1 aromatic carbocycles. The van der Waals surface area contributed by atoms with Crippen molar-refractivity contribution in [2.45, 2.75) is 19.6 Å². The standard InChI is InChI=1S/C17H20N6O3/c1-3-18-17(24)22-15-14-16(20-10-19-15)23(11-21-14)26-13(25-2)9-12-7-5-4-6-8-12/h4-8,10-11,13H,3,9H2,1-2H3,(H2,18,19,20,22,24). The number of carbonyl (C=O) groups excluding carboxylic acids is 1. The molecular weight excluding hydrogens is 336 g/mol. The fourth-order valence-corrected chi connectivity index (χ4v) is 2.39. The third kappa shape index (κ3) is 4.06. The number of rotatable bonds is 7. The fraction of sp³-hybridized carbons (Fsp3) is 0.294. The fourth-order valence-electron chi connectivity index (χ4n) is 2.39. The number of nitrogens with zero attached hydrogens (tertiary/aromatic N) is 4. The summed E-state index contributed by atoms with van der Waals surface area (Å²) in [6, 6.07) is 9.51. The number of methoxy groups -OCH3 is 1. The van der Waals surface area contributed by atoms with Crippen molar-refractivity contribution >= 4 is 23.0 Å². The highest BCUT2D eigenvalue weighted by atomic mass is 16.8. The highest BCUT2D eigenvalue weighted by Crippen LogP contribution is 2.17. The Labute approximate surface area is 150 Å². The normalized spacial score (nSPS) is 11.9. The van der Waals surface area contributed by atoms with Gasteiger partial charge in [-0.25, -0.2) is 19.7 Å². The second-order valence-electron chi connectivity index (χ2n) is 5.41. The maximum atomic E-state index is 11.7. The number of hydrogen-bond acceptors (Lipinski definition) is 6. The minimum Gasteiger partial charge on any atom is -0.378 e. The van der Waals surface area contributed by atoms with Gasteiger partial charge in [-0.15, -0.1) is 4.73 Å². The zero-order chi connectivity index (χ0) is 18.4. The Morgan fingerprint density at radius 1 is 1.23 bits per heavy atom. The lowest BCUT2D eigenvalue weighted by atomic mass is 10.1. The van der Waals surface area contributed by atoms with Gasteiger partial charge in [0, 0.05) is 20.1 Å². The summed E-state index contributed by atoms with van der Waals surface area (Å²) in [5.41, 5.74) is 1.94. The number of amides is 2. The number of ether oxygens (including phenoxy) is 1. The average molecular weight is 356 g/mol. The average Bonchev–Trinajstić information content (AvgIpc) is 3.06. The van der Waals surface area contributed by atoms with E-state index in [0.29, 0.717) is 29.9 Å². The minimum atomic E-state index is -0.524. The largest absolute Gasteiger partial charge is 0.378 e. The second kappa shape index (κ2) is 8.26. The van der Waals surface area contributed by atoms with E-state index < -0.39 is 6.29 Å². The molecule has 1 unspecified atom stereocenters. The molecule has 0 aliphatic heterocycles. The summed E-state index contributed by atoms with van der Waals surface area (Å²) in [6.07, 6.45) is 2.85. The van der Waals surface area contributed by atoms with Gasteiger partial charge in [0.1, 0.15) is 12.7 Å². The molecule has 0 saturated carbocycles. The summed E-state index contributed by atoms with van der Waals surface area (Å²) < 4.78 is 6.82. The van der Waals surface area contributed by atoms with Gasteiger partial charge in [-0.3, -0.25) is 5.32 Å².